The second-order valence-corrected chi connectivity index (χ2v) is 21.4. The Hall–Kier alpha value is 0.309. The van der Waals surface area contributed by atoms with Crippen molar-refractivity contribution < 1.29 is 0 Å². The monoisotopic (exact) mass is 346 g/mol. The van der Waals surface area contributed by atoms with Gasteiger partial charge in [-0.15, -0.1) is 0 Å². The van der Waals surface area contributed by atoms with Gasteiger partial charge in [-0.05, 0) is 0 Å². The van der Waals surface area contributed by atoms with Crippen molar-refractivity contribution in [3.8, 4) is 0 Å². The predicted molar refractivity (Wildman–Crippen MR) is 77.3 cm³/mol. The Labute approximate surface area is 108 Å². The summed E-state index contributed by atoms with van der Waals surface area (Å²) in [6, 6.07) is 9.03. The molecule has 0 radical (unpaired) electrons. The fraction of sp³-hybridized carbons (Fsp3) is 0.571. The minimum absolute atomic E-state index is 1.22. The summed E-state index contributed by atoms with van der Waals surface area (Å²) in [5, 5.41) is 0. The van der Waals surface area contributed by atoms with Gasteiger partial charge in [-0.25, -0.2) is 0 Å². The Balaban J connectivity index is 2.46. The van der Waals surface area contributed by atoms with E-state index in [1.807, 2.05) is 0 Å². The Bertz CT molecular complexity index is 298. The molecule has 1 aromatic carbocycles. The third-order valence-corrected chi connectivity index (χ3v) is 9.29. The molecule has 0 aromatic heterocycles. The zero-order valence-electron chi connectivity index (χ0n) is 10.7. The van der Waals surface area contributed by atoms with Gasteiger partial charge < -0.3 is 0 Å². The minimum atomic E-state index is -2.33. The summed E-state index contributed by atoms with van der Waals surface area (Å²) in [5.41, 5.74) is 1.46. The topological polar surface area (TPSA) is 0 Å². The first-order valence-electron chi connectivity index (χ1n) is 6.32. The molecule has 0 heterocycles. The van der Waals surface area contributed by atoms with Gasteiger partial charge in [0.2, 0.25) is 0 Å². The maximum atomic E-state index is 6.47. The first-order valence-corrected chi connectivity index (χ1v) is 17.1. The van der Waals surface area contributed by atoms with Gasteiger partial charge in [-0.2, -0.15) is 0 Å². The molecule has 0 bridgehead atoms. The predicted octanol–water partition coefficient (Wildman–Crippen LogP) is 4.46. The Kier molecular flexibility index (Phi) is 6.20. The average molecular weight is 346 g/mol. The molecule has 0 N–H and O–H groups in total. The molecule has 1 aromatic rings. The molecule has 0 aliphatic heterocycles. The van der Waals surface area contributed by atoms with E-state index in [0.717, 1.165) is 0 Å². The van der Waals surface area contributed by atoms with Crippen molar-refractivity contribution in [2.24, 2.45) is 0 Å². The molecule has 0 aliphatic rings. The second-order valence-electron chi connectivity index (χ2n) is 4.98. The van der Waals surface area contributed by atoms with Crippen LogP contribution in [0.5, 0.6) is 0 Å². The van der Waals surface area contributed by atoms with Crippen molar-refractivity contribution in [2.45, 2.75) is 48.9 Å². The number of hydrogen-bond acceptors (Lipinski definition) is 0. The van der Waals surface area contributed by atoms with Crippen LogP contribution in [0.3, 0.4) is 0 Å². The molecule has 0 amide bonds. The first-order chi connectivity index (χ1) is 7.54. The molecule has 16 heavy (non-hydrogen) atoms. The summed E-state index contributed by atoms with van der Waals surface area (Å²) < 4.78 is 1.41. The number of halogens is 1. The second kappa shape index (κ2) is 6.90. The number of benzene rings is 1. The van der Waals surface area contributed by atoms with Gasteiger partial charge >= 0.3 is 108 Å². The van der Waals surface area contributed by atoms with E-state index in [4.69, 9.17) is 8.92 Å². The molecule has 0 atom stereocenters. The summed E-state index contributed by atoms with van der Waals surface area (Å²) in [6.07, 6.45) is 6.58. The molecule has 90 valence electrons. The summed E-state index contributed by atoms with van der Waals surface area (Å²) in [6.45, 7) is 2.25. The van der Waals surface area contributed by atoms with Crippen molar-refractivity contribution in [1.29, 1.82) is 0 Å². The first kappa shape index (κ1) is 14.4. The summed E-state index contributed by atoms with van der Waals surface area (Å²) in [7, 11) is 6.47. The molecule has 0 spiro atoms. The quantitative estimate of drug-likeness (QED) is 0.527. The Morgan fingerprint density at radius 2 is 1.62 bits per heavy atom. The van der Waals surface area contributed by atoms with Gasteiger partial charge in [0, 0.05) is 0 Å². The van der Waals surface area contributed by atoms with E-state index < -0.39 is 17.3 Å². The van der Waals surface area contributed by atoms with Crippen LogP contribution >= 0.6 is 8.92 Å². The van der Waals surface area contributed by atoms with Gasteiger partial charge in [0.1, 0.15) is 0 Å². The zero-order valence-corrected chi connectivity index (χ0v) is 14.3. The van der Waals surface area contributed by atoms with Crippen LogP contribution in [0.4, 0.5) is 0 Å². The number of rotatable bonds is 6. The number of unbranched alkanes of at least 4 members (excludes halogenated alkanes) is 3. The van der Waals surface area contributed by atoms with Gasteiger partial charge in [0.05, 0.1) is 0 Å². The van der Waals surface area contributed by atoms with Crippen LogP contribution in [-0.2, 0) is 6.42 Å². The van der Waals surface area contributed by atoms with E-state index in [1.54, 1.807) is 0 Å². The van der Waals surface area contributed by atoms with Crippen LogP contribution in [-0.4, -0.2) is 17.3 Å². The van der Waals surface area contributed by atoms with Crippen molar-refractivity contribution in [3.05, 3.63) is 29.8 Å². The summed E-state index contributed by atoms with van der Waals surface area (Å²) in [4.78, 5) is 4.49. The van der Waals surface area contributed by atoms with Crippen LogP contribution in [0.1, 0.15) is 38.2 Å². The molecule has 0 fully saturated rings. The molecular weight excluding hydrogens is 322 g/mol. The SMILES string of the molecule is CCCCCCc1cc[c]([Sn]([CH3])([CH3])[Cl])cc1. The van der Waals surface area contributed by atoms with E-state index in [2.05, 4.69) is 41.1 Å². The number of hydrogen-bond donors (Lipinski definition) is 0. The van der Waals surface area contributed by atoms with Crippen LogP contribution in [0, 0.1) is 0 Å². The molecule has 2 heteroatoms. The van der Waals surface area contributed by atoms with Crippen molar-refractivity contribution in [1.82, 2.24) is 0 Å². The van der Waals surface area contributed by atoms with E-state index in [-0.39, 0.29) is 0 Å². The maximum absolute atomic E-state index is 6.47. The zero-order chi connectivity index (χ0) is 12.0. The van der Waals surface area contributed by atoms with Gasteiger partial charge in [-0.3, -0.25) is 0 Å². The molecule has 0 saturated carbocycles. The third-order valence-electron chi connectivity index (χ3n) is 2.96. The summed E-state index contributed by atoms with van der Waals surface area (Å²) in [5.74, 6) is 0. The van der Waals surface area contributed by atoms with Crippen molar-refractivity contribution in [2.75, 3.05) is 0 Å². The van der Waals surface area contributed by atoms with Gasteiger partial charge in [0.15, 0.2) is 0 Å². The van der Waals surface area contributed by atoms with Crippen LogP contribution in [0.15, 0.2) is 24.3 Å². The van der Waals surface area contributed by atoms with Gasteiger partial charge in [-0.1, -0.05) is 0 Å². The molecule has 1 rings (SSSR count). The van der Waals surface area contributed by atoms with Crippen LogP contribution in [0.25, 0.3) is 0 Å². The van der Waals surface area contributed by atoms with E-state index in [9.17, 15) is 0 Å². The van der Waals surface area contributed by atoms with E-state index in [1.165, 1.54) is 41.2 Å². The van der Waals surface area contributed by atoms with Crippen molar-refractivity contribution >= 4 is 29.8 Å². The van der Waals surface area contributed by atoms with Crippen molar-refractivity contribution in [3.63, 3.8) is 0 Å². The molecule has 0 saturated heterocycles. The fourth-order valence-electron chi connectivity index (χ4n) is 1.82. The fourth-order valence-corrected chi connectivity index (χ4v) is 5.41. The molecular formula is C14H23ClSn. The molecule has 0 nitrogen and oxygen atoms in total. The normalized spacial score (nSPS) is 11.8. The van der Waals surface area contributed by atoms with E-state index in [0.29, 0.717) is 0 Å². The van der Waals surface area contributed by atoms with Gasteiger partial charge in [0.25, 0.3) is 0 Å². The molecule has 0 aliphatic carbocycles. The van der Waals surface area contributed by atoms with Crippen LogP contribution in [0.2, 0.25) is 9.88 Å². The standard InChI is InChI=1S/C12H17.2CH3.ClH.Sn/c1-2-3-4-6-9-12-10-7-5-8-11-12;;;;/h7-8,10-11H,2-4,6,9H2,1H3;2*1H3;1H;/q;;;;+1/p-1. The molecule has 0 unspecified atom stereocenters. The Morgan fingerprint density at radius 1 is 1.00 bits per heavy atom. The summed E-state index contributed by atoms with van der Waals surface area (Å²) >= 11 is -2.33. The third kappa shape index (κ3) is 5.09. The van der Waals surface area contributed by atoms with Crippen LogP contribution < -0.4 is 3.58 Å². The average Bonchev–Trinajstić information content (AvgIpc) is 2.24. The Morgan fingerprint density at radius 3 is 2.12 bits per heavy atom. The number of aryl methyl sites for hydroxylation is 1. The van der Waals surface area contributed by atoms with E-state index >= 15 is 0 Å².